The van der Waals surface area contributed by atoms with Crippen LogP contribution in [0.2, 0.25) is 0 Å². The molecule has 2 unspecified atom stereocenters. The van der Waals surface area contributed by atoms with E-state index in [0.29, 0.717) is 12.5 Å². The third kappa shape index (κ3) is 2.90. The molecule has 0 radical (unpaired) electrons. The maximum Gasteiger partial charge on any atom is 0.392 e. The first-order valence-corrected chi connectivity index (χ1v) is 6.04. The summed E-state index contributed by atoms with van der Waals surface area (Å²) in [7, 11) is 1.32. The van der Waals surface area contributed by atoms with Crippen LogP contribution in [0, 0.1) is 16.0 Å². The lowest BCUT2D eigenvalue weighted by molar-refractivity contribution is -0.387. The highest BCUT2D eigenvalue weighted by Crippen LogP contribution is 2.33. The molecule has 104 valence electrons. The van der Waals surface area contributed by atoms with Crippen molar-refractivity contribution in [3.8, 4) is 11.8 Å². The smallest absolute Gasteiger partial charge is 0.392 e. The van der Waals surface area contributed by atoms with Crippen molar-refractivity contribution in [1.82, 2.24) is 15.3 Å². The van der Waals surface area contributed by atoms with Crippen molar-refractivity contribution in [2.24, 2.45) is 5.92 Å². The first-order valence-electron chi connectivity index (χ1n) is 6.04. The molecule has 8 nitrogen and oxygen atoms in total. The first kappa shape index (κ1) is 13.5. The maximum absolute atomic E-state index is 11.1. The van der Waals surface area contributed by atoms with E-state index in [2.05, 4.69) is 22.2 Å². The molecule has 0 spiro atoms. The monoisotopic (exact) mass is 268 g/mol. The summed E-state index contributed by atoms with van der Waals surface area (Å²) in [6, 6.07) is 0. The van der Waals surface area contributed by atoms with Gasteiger partial charge in [-0.1, -0.05) is 6.92 Å². The van der Waals surface area contributed by atoms with Crippen LogP contribution in [0.25, 0.3) is 0 Å². The van der Waals surface area contributed by atoms with Crippen molar-refractivity contribution in [3.63, 3.8) is 0 Å². The van der Waals surface area contributed by atoms with E-state index >= 15 is 0 Å². The van der Waals surface area contributed by atoms with E-state index in [1.165, 1.54) is 13.4 Å². The fourth-order valence-electron chi connectivity index (χ4n) is 2.00. The topological polar surface area (TPSA) is 99.4 Å². The molecule has 0 aromatic carbocycles. The van der Waals surface area contributed by atoms with Gasteiger partial charge < -0.3 is 14.8 Å². The second-order valence-corrected chi connectivity index (χ2v) is 4.42. The number of nitrogens with one attached hydrogen (secondary N) is 1. The summed E-state index contributed by atoms with van der Waals surface area (Å²) in [5.74, 6) is 0.172. The summed E-state index contributed by atoms with van der Waals surface area (Å²) in [5.41, 5.74) is -0.331. The zero-order chi connectivity index (χ0) is 13.8. The molecular weight excluding hydrogens is 252 g/mol. The lowest BCUT2D eigenvalue weighted by Crippen LogP contribution is -2.43. The highest BCUT2D eigenvalue weighted by Gasteiger charge is 2.30. The molecule has 0 saturated carbocycles. The van der Waals surface area contributed by atoms with Crippen molar-refractivity contribution in [2.45, 2.75) is 19.4 Å². The summed E-state index contributed by atoms with van der Waals surface area (Å²) in [4.78, 5) is 18.1. The molecule has 8 heteroatoms. The van der Waals surface area contributed by atoms with Gasteiger partial charge in [0.1, 0.15) is 12.4 Å². The number of nitrogens with zero attached hydrogens (tertiary/aromatic N) is 3. The van der Waals surface area contributed by atoms with Gasteiger partial charge in [0, 0.05) is 6.54 Å². The van der Waals surface area contributed by atoms with Gasteiger partial charge in [-0.25, -0.2) is 0 Å². The summed E-state index contributed by atoms with van der Waals surface area (Å²) in [5, 5.41) is 14.3. The van der Waals surface area contributed by atoms with Crippen LogP contribution in [0.15, 0.2) is 6.33 Å². The molecule has 1 aromatic heterocycles. The van der Waals surface area contributed by atoms with Crippen LogP contribution in [0.3, 0.4) is 0 Å². The molecule has 1 fully saturated rings. The number of ether oxygens (including phenoxy) is 2. The third-order valence-corrected chi connectivity index (χ3v) is 3.15. The highest BCUT2D eigenvalue weighted by atomic mass is 16.6. The lowest BCUT2D eigenvalue weighted by Gasteiger charge is -2.29. The number of nitro groups is 1. The zero-order valence-electron chi connectivity index (χ0n) is 10.8. The van der Waals surface area contributed by atoms with Crippen molar-refractivity contribution in [3.05, 3.63) is 16.4 Å². The number of aromatic nitrogens is 2. The second-order valence-electron chi connectivity index (χ2n) is 4.42. The number of hydrogen-bond donors (Lipinski definition) is 1. The van der Waals surface area contributed by atoms with Crippen molar-refractivity contribution in [2.75, 3.05) is 20.2 Å². The largest absolute Gasteiger partial charge is 0.476 e. The maximum atomic E-state index is 11.1. The Morgan fingerprint density at radius 2 is 2.21 bits per heavy atom. The molecule has 1 saturated heterocycles. The number of piperidine rings is 1. The Labute approximate surface area is 110 Å². The van der Waals surface area contributed by atoms with E-state index in [4.69, 9.17) is 9.47 Å². The Hall–Kier alpha value is -1.96. The Bertz CT molecular complexity index is 468. The molecule has 1 aliphatic heterocycles. The Balaban J connectivity index is 2.26. The lowest BCUT2D eigenvalue weighted by atomic mass is 9.97. The SMILES string of the molecule is COc1ncnc(OC2CNCCC2C)c1[N+](=O)[O-]. The molecule has 2 heterocycles. The van der Waals surface area contributed by atoms with Crippen LogP contribution in [0.4, 0.5) is 5.69 Å². The summed E-state index contributed by atoms with van der Waals surface area (Å²) in [6.45, 7) is 3.62. The summed E-state index contributed by atoms with van der Waals surface area (Å²) in [6.07, 6.45) is 2.01. The van der Waals surface area contributed by atoms with Crippen LogP contribution in [-0.4, -0.2) is 41.2 Å². The van der Waals surface area contributed by atoms with E-state index in [1.54, 1.807) is 0 Å². The Morgan fingerprint density at radius 3 is 2.84 bits per heavy atom. The van der Waals surface area contributed by atoms with Gasteiger partial charge in [0.2, 0.25) is 0 Å². The highest BCUT2D eigenvalue weighted by molar-refractivity contribution is 5.49. The average molecular weight is 268 g/mol. The van der Waals surface area contributed by atoms with E-state index < -0.39 is 4.92 Å². The third-order valence-electron chi connectivity index (χ3n) is 3.15. The van der Waals surface area contributed by atoms with Crippen molar-refractivity contribution in [1.29, 1.82) is 0 Å². The minimum atomic E-state index is -0.588. The number of methoxy groups -OCH3 is 1. The molecule has 1 aromatic rings. The van der Waals surface area contributed by atoms with E-state index in [9.17, 15) is 10.1 Å². The van der Waals surface area contributed by atoms with Crippen LogP contribution in [0.5, 0.6) is 11.8 Å². The van der Waals surface area contributed by atoms with Crippen LogP contribution >= 0.6 is 0 Å². The fraction of sp³-hybridized carbons (Fsp3) is 0.636. The molecule has 0 aliphatic carbocycles. The molecular formula is C11H16N4O4. The predicted octanol–water partition coefficient (Wildman–Crippen LogP) is 0.770. The normalized spacial score (nSPS) is 22.8. The molecule has 1 N–H and O–H groups in total. The zero-order valence-corrected chi connectivity index (χ0v) is 10.8. The van der Waals surface area contributed by atoms with Gasteiger partial charge in [0.25, 0.3) is 0 Å². The minimum absolute atomic E-state index is 0.0441. The quantitative estimate of drug-likeness (QED) is 0.636. The van der Waals surface area contributed by atoms with Crippen LogP contribution < -0.4 is 14.8 Å². The molecule has 2 rings (SSSR count). The standard InChI is InChI=1S/C11H16N4O4/c1-7-3-4-12-5-8(7)19-11-9(15(16)17)10(18-2)13-6-14-11/h6-8,12H,3-5H2,1-2H3. The van der Waals surface area contributed by atoms with E-state index in [0.717, 1.165) is 13.0 Å². The van der Waals surface area contributed by atoms with Gasteiger partial charge in [0.05, 0.1) is 12.0 Å². The van der Waals surface area contributed by atoms with E-state index in [1.807, 2.05) is 0 Å². The molecule has 1 aliphatic rings. The van der Waals surface area contributed by atoms with Gasteiger partial charge in [-0.15, -0.1) is 0 Å². The van der Waals surface area contributed by atoms with Crippen molar-refractivity contribution < 1.29 is 14.4 Å². The molecule has 0 amide bonds. The molecule has 0 bridgehead atoms. The van der Waals surface area contributed by atoms with Crippen LogP contribution in [-0.2, 0) is 0 Å². The number of rotatable bonds is 4. The fourth-order valence-corrected chi connectivity index (χ4v) is 2.00. The van der Waals surface area contributed by atoms with E-state index in [-0.39, 0.29) is 23.6 Å². The summed E-state index contributed by atoms with van der Waals surface area (Å²) >= 11 is 0. The second kappa shape index (κ2) is 5.79. The summed E-state index contributed by atoms with van der Waals surface area (Å²) < 4.78 is 10.5. The van der Waals surface area contributed by atoms with Gasteiger partial charge >= 0.3 is 17.4 Å². The Kier molecular flexibility index (Phi) is 4.10. The van der Waals surface area contributed by atoms with Crippen LogP contribution in [0.1, 0.15) is 13.3 Å². The predicted molar refractivity (Wildman–Crippen MR) is 66.3 cm³/mol. The van der Waals surface area contributed by atoms with Gasteiger partial charge in [-0.3, -0.25) is 10.1 Å². The number of hydrogen-bond acceptors (Lipinski definition) is 7. The first-order chi connectivity index (χ1) is 9.13. The average Bonchev–Trinajstić information content (AvgIpc) is 2.40. The molecule has 2 atom stereocenters. The van der Waals surface area contributed by atoms with Crippen molar-refractivity contribution >= 4 is 5.69 Å². The van der Waals surface area contributed by atoms with Gasteiger partial charge in [0.15, 0.2) is 0 Å². The van der Waals surface area contributed by atoms with Gasteiger partial charge in [-0.05, 0) is 18.9 Å². The minimum Gasteiger partial charge on any atom is -0.476 e. The Morgan fingerprint density at radius 1 is 1.47 bits per heavy atom. The van der Waals surface area contributed by atoms with Gasteiger partial charge in [-0.2, -0.15) is 9.97 Å². The molecule has 19 heavy (non-hydrogen) atoms.